The Labute approximate surface area is 132 Å². The van der Waals surface area contributed by atoms with Gasteiger partial charge >= 0.3 is 0 Å². The van der Waals surface area contributed by atoms with E-state index in [1.807, 2.05) is 6.92 Å². The fourth-order valence-electron chi connectivity index (χ4n) is 3.04. The molecule has 1 aromatic carbocycles. The van der Waals surface area contributed by atoms with E-state index in [2.05, 4.69) is 4.90 Å². The Kier molecular flexibility index (Phi) is 4.82. The normalized spacial score (nSPS) is 26.6. The number of nitrogens with zero attached hydrogens (tertiary/aromatic N) is 1. The highest BCUT2D eigenvalue weighted by Crippen LogP contribution is 2.33. The minimum Gasteiger partial charge on any atom is -0.379 e. The Morgan fingerprint density at radius 3 is 2.45 bits per heavy atom. The van der Waals surface area contributed by atoms with Crippen molar-refractivity contribution in [2.45, 2.75) is 30.7 Å². The van der Waals surface area contributed by atoms with Gasteiger partial charge in [-0.25, -0.2) is 0 Å². The summed E-state index contributed by atoms with van der Waals surface area (Å²) in [5.41, 5.74) is 1.03. The van der Waals surface area contributed by atoms with Crippen LogP contribution in [0.25, 0.3) is 0 Å². The van der Waals surface area contributed by atoms with Crippen LogP contribution in [0.2, 0.25) is 0 Å². The summed E-state index contributed by atoms with van der Waals surface area (Å²) >= 11 is 0. The first-order valence-corrected chi connectivity index (χ1v) is 9.23. The van der Waals surface area contributed by atoms with Crippen LogP contribution < -0.4 is 0 Å². The molecule has 1 aromatic rings. The van der Waals surface area contributed by atoms with Crippen LogP contribution in [0, 0.1) is 12.8 Å². The van der Waals surface area contributed by atoms with E-state index < -0.39 is 10.1 Å². The van der Waals surface area contributed by atoms with Crippen LogP contribution in [0.5, 0.6) is 0 Å². The molecule has 1 aliphatic heterocycles. The molecular weight excluding hydrogens is 302 g/mol. The fourth-order valence-corrected chi connectivity index (χ4v) is 4.01. The van der Waals surface area contributed by atoms with E-state index in [1.165, 1.54) is 0 Å². The van der Waals surface area contributed by atoms with Crippen molar-refractivity contribution in [3.8, 4) is 0 Å². The van der Waals surface area contributed by atoms with E-state index in [1.54, 1.807) is 24.3 Å². The summed E-state index contributed by atoms with van der Waals surface area (Å²) in [4.78, 5) is 2.68. The topological polar surface area (TPSA) is 55.8 Å². The predicted molar refractivity (Wildman–Crippen MR) is 83.2 cm³/mol. The number of aryl methyl sites for hydroxylation is 1. The molecule has 0 spiro atoms. The molecule has 3 rings (SSSR count). The van der Waals surface area contributed by atoms with E-state index in [9.17, 15) is 8.42 Å². The second kappa shape index (κ2) is 6.66. The fraction of sp³-hybridized carbons (Fsp3) is 0.625. The van der Waals surface area contributed by atoms with Crippen molar-refractivity contribution in [3.05, 3.63) is 29.8 Å². The molecule has 22 heavy (non-hydrogen) atoms. The maximum Gasteiger partial charge on any atom is 0.296 e. The van der Waals surface area contributed by atoms with Crippen molar-refractivity contribution in [2.24, 2.45) is 5.92 Å². The van der Waals surface area contributed by atoms with E-state index in [0.717, 1.165) is 44.7 Å². The maximum absolute atomic E-state index is 12.1. The van der Waals surface area contributed by atoms with Crippen molar-refractivity contribution in [2.75, 3.05) is 32.9 Å². The monoisotopic (exact) mass is 325 g/mol. The maximum atomic E-state index is 12.1. The van der Waals surface area contributed by atoms with Gasteiger partial charge in [0, 0.05) is 19.1 Å². The molecule has 0 N–H and O–H groups in total. The summed E-state index contributed by atoms with van der Waals surface area (Å²) in [6.07, 6.45) is 2.03. The Hall–Kier alpha value is -0.950. The summed E-state index contributed by atoms with van der Waals surface area (Å²) < 4.78 is 34.8. The number of hydrogen-bond acceptors (Lipinski definition) is 5. The van der Waals surface area contributed by atoms with Crippen LogP contribution in [-0.2, 0) is 19.0 Å². The summed E-state index contributed by atoms with van der Waals surface area (Å²) in [7, 11) is -3.62. The Morgan fingerprint density at radius 1 is 1.18 bits per heavy atom. The zero-order valence-electron chi connectivity index (χ0n) is 12.9. The standard InChI is InChI=1S/C16H23NO4S/c1-13-2-4-16(5-3-13)22(18,19)21-12-14-10-15(11-14)17-6-8-20-9-7-17/h2-5,14-15H,6-12H2,1H3. The van der Waals surface area contributed by atoms with Crippen molar-refractivity contribution in [1.29, 1.82) is 0 Å². The van der Waals surface area contributed by atoms with Crippen LogP contribution in [0.1, 0.15) is 18.4 Å². The lowest BCUT2D eigenvalue weighted by Gasteiger charge is -2.44. The Bertz CT molecular complexity index is 587. The third-order valence-corrected chi connectivity index (χ3v) is 5.84. The van der Waals surface area contributed by atoms with E-state index in [-0.39, 0.29) is 11.5 Å². The van der Waals surface area contributed by atoms with Crippen LogP contribution in [-0.4, -0.2) is 52.3 Å². The van der Waals surface area contributed by atoms with Gasteiger partial charge in [0.05, 0.1) is 24.7 Å². The van der Waals surface area contributed by atoms with Crippen molar-refractivity contribution < 1.29 is 17.3 Å². The molecule has 0 unspecified atom stereocenters. The number of benzene rings is 1. The third-order valence-electron chi connectivity index (χ3n) is 4.54. The van der Waals surface area contributed by atoms with Crippen LogP contribution in [0.3, 0.4) is 0 Å². The SMILES string of the molecule is Cc1ccc(S(=O)(=O)OCC2CC(N3CCOCC3)C2)cc1. The molecule has 0 bridgehead atoms. The number of rotatable bonds is 5. The summed E-state index contributed by atoms with van der Waals surface area (Å²) in [6.45, 7) is 5.80. The summed E-state index contributed by atoms with van der Waals surface area (Å²) in [5, 5.41) is 0. The smallest absolute Gasteiger partial charge is 0.296 e. The molecule has 0 aromatic heterocycles. The van der Waals surface area contributed by atoms with Crippen molar-refractivity contribution >= 4 is 10.1 Å². The lowest BCUT2D eigenvalue weighted by atomic mass is 9.80. The highest BCUT2D eigenvalue weighted by Gasteiger charge is 2.35. The average molecular weight is 325 g/mol. The lowest BCUT2D eigenvalue weighted by Crippen LogP contribution is -2.50. The van der Waals surface area contributed by atoms with Gasteiger partial charge in [-0.2, -0.15) is 8.42 Å². The molecule has 0 amide bonds. The molecule has 122 valence electrons. The van der Waals surface area contributed by atoms with Gasteiger partial charge < -0.3 is 4.74 Å². The van der Waals surface area contributed by atoms with Gasteiger partial charge in [-0.3, -0.25) is 9.08 Å². The number of hydrogen-bond donors (Lipinski definition) is 0. The molecule has 0 radical (unpaired) electrons. The molecule has 5 nitrogen and oxygen atoms in total. The van der Waals surface area contributed by atoms with Gasteiger partial charge in [0.25, 0.3) is 10.1 Å². The zero-order valence-corrected chi connectivity index (χ0v) is 13.7. The highest BCUT2D eigenvalue weighted by atomic mass is 32.2. The molecule has 0 atom stereocenters. The molecule has 1 heterocycles. The molecule has 1 saturated heterocycles. The second-order valence-corrected chi connectivity index (χ2v) is 7.81. The summed E-state index contributed by atoms with van der Waals surface area (Å²) in [6, 6.07) is 7.34. The van der Waals surface area contributed by atoms with Crippen molar-refractivity contribution in [3.63, 3.8) is 0 Å². The van der Waals surface area contributed by atoms with Gasteiger partial charge in [-0.15, -0.1) is 0 Å². The van der Waals surface area contributed by atoms with Gasteiger partial charge in [0.2, 0.25) is 0 Å². The molecule has 2 fully saturated rings. The first-order valence-electron chi connectivity index (χ1n) is 7.82. The van der Waals surface area contributed by atoms with Crippen LogP contribution in [0.15, 0.2) is 29.2 Å². The molecule has 1 aliphatic carbocycles. The molecule has 2 aliphatic rings. The van der Waals surface area contributed by atoms with E-state index in [4.69, 9.17) is 8.92 Å². The van der Waals surface area contributed by atoms with Crippen LogP contribution >= 0.6 is 0 Å². The Morgan fingerprint density at radius 2 is 1.82 bits per heavy atom. The minimum atomic E-state index is -3.62. The number of morpholine rings is 1. The average Bonchev–Trinajstić information content (AvgIpc) is 2.47. The lowest BCUT2D eigenvalue weighted by molar-refractivity contribution is -0.0234. The predicted octanol–water partition coefficient (Wildman–Crippen LogP) is 1.81. The van der Waals surface area contributed by atoms with Gasteiger partial charge in [-0.1, -0.05) is 17.7 Å². The van der Waals surface area contributed by atoms with Gasteiger partial charge in [0.15, 0.2) is 0 Å². The largest absolute Gasteiger partial charge is 0.379 e. The highest BCUT2D eigenvalue weighted by molar-refractivity contribution is 7.86. The summed E-state index contributed by atoms with van der Waals surface area (Å²) in [5.74, 6) is 0.341. The Balaban J connectivity index is 1.46. The van der Waals surface area contributed by atoms with Gasteiger partial charge in [0.1, 0.15) is 0 Å². The first kappa shape index (κ1) is 15.9. The molecule has 1 saturated carbocycles. The third kappa shape index (κ3) is 3.68. The quantitative estimate of drug-likeness (QED) is 0.773. The zero-order chi connectivity index (χ0) is 15.6. The molecular formula is C16H23NO4S. The van der Waals surface area contributed by atoms with E-state index in [0.29, 0.717) is 12.0 Å². The molecule has 6 heteroatoms. The minimum absolute atomic E-state index is 0.238. The van der Waals surface area contributed by atoms with E-state index >= 15 is 0 Å². The van der Waals surface area contributed by atoms with Crippen molar-refractivity contribution in [1.82, 2.24) is 4.90 Å². The number of ether oxygens (including phenoxy) is 1. The van der Waals surface area contributed by atoms with Crippen LogP contribution in [0.4, 0.5) is 0 Å². The first-order chi connectivity index (χ1) is 10.5. The second-order valence-electron chi connectivity index (χ2n) is 6.19. The van der Waals surface area contributed by atoms with Gasteiger partial charge in [-0.05, 0) is 37.8 Å².